The first-order valence-electron chi connectivity index (χ1n) is 13.1. The SMILES string of the molecule is C=C(C)C(=C)C.[CH3][Ti]([CH3])([NH]C(=O)C1CCCCCCCCCCC1)[CH]1C=Cc2ccccc21.[SiH4]. The van der Waals surface area contributed by atoms with E-state index in [-0.39, 0.29) is 16.9 Å². The van der Waals surface area contributed by atoms with Gasteiger partial charge in [0.2, 0.25) is 0 Å². The van der Waals surface area contributed by atoms with Gasteiger partial charge in [-0.3, -0.25) is 0 Å². The molecule has 1 aromatic carbocycles. The maximum Gasteiger partial charge on any atom is -0.0149 e. The predicted molar refractivity (Wildman–Crippen MR) is 153 cm³/mol. The number of hydrogen-bond acceptors (Lipinski definition) is 1. The molecule has 1 N–H and O–H groups in total. The van der Waals surface area contributed by atoms with Crippen molar-refractivity contribution in [2.24, 2.45) is 5.92 Å². The molecule has 1 unspecified atom stereocenters. The topological polar surface area (TPSA) is 29.1 Å². The molecule has 4 heteroatoms. The molecule has 2 nitrogen and oxygen atoms in total. The Morgan fingerprint density at radius 1 is 0.853 bits per heavy atom. The van der Waals surface area contributed by atoms with Crippen LogP contribution in [0.5, 0.6) is 0 Å². The van der Waals surface area contributed by atoms with Crippen molar-refractivity contribution in [1.29, 1.82) is 0 Å². The van der Waals surface area contributed by atoms with Gasteiger partial charge in [-0.05, 0) is 24.8 Å². The van der Waals surface area contributed by atoms with Crippen LogP contribution < -0.4 is 3.80 Å². The second kappa shape index (κ2) is 15.8. The molecule has 3 rings (SSSR count). The minimum atomic E-state index is -2.51. The first kappa shape index (κ1) is 30.9. The molecular formula is C30H51NOSiTi. The minimum Gasteiger partial charge on any atom is -0.0149 e. The largest absolute Gasteiger partial charge is 0.0149 e. The predicted octanol–water partition coefficient (Wildman–Crippen LogP) is 7.64. The van der Waals surface area contributed by atoms with Crippen LogP contribution in [0.15, 0.2) is 54.6 Å². The fourth-order valence-electron chi connectivity index (χ4n) is 4.80. The van der Waals surface area contributed by atoms with Crippen LogP contribution >= 0.6 is 0 Å². The summed E-state index contributed by atoms with van der Waals surface area (Å²) in [6, 6.07) is 8.68. The van der Waals surface area contributed by atoms with E-state index in [9.17, 15) is 4.79 Å². The molecular weight excluding hydrogens is 466 g/mol. The van der Waals surface area contributed by atoms with Gasteiger partial charge in [-0.15, -0.1) is 0 Å². The van der Waals surface area contributed by atoms with Crippen LogP contribution in [-0.2, 0) is 21.6 Å². The monoisotopic (exact) mass is 517 g/mol. The third kappa shape index (κ3) is 10.2. The molecule has 0 aromatic heterocycles. The van der Waals surface area contributed by atoms with Gasteiger partial charge in [0.1, 0.15) is 0 Å². The van der Waals surface area contributed by atoms with Crippen LogP contribution in [-0.4, -0.2) is 16.9 Å². The number of benzene rings is 1. The van der Waals surface area contributed by atoms with Crippen LogP contribution in [0, 0.1) is 5.92 Å². The van der Waals surface area contributed by atoms with Crippen molar-refractivity contribution in [3.8, 4) is 0 Å². The summed E-state index contributed by atoms with van der Waals surface area (Å²) in [5.74, 6) is 0.588. The second-order valence-electron chi connectivity index (χ2n) is 10.7. The third-order valence-electron chi connectivity index (χ3n) is 7.23. The molecule has 0 saturated heterocycles. The molecule has 1 saturated carbocycles. The van der Waals surface area contributed by atoms with E-state index in [1.165, 1.54) is 68.9 Å². The summed E-state index contributed by atoms with van der Waals surface area (Å²) < 4.78 is 4.06. The smallest absolute Gasteiger partial charge is 0.0149 e. The molecule has 34 heavy (non-hydrogen) atoms. The zero-order valence-corrected chi connectivity index (χ0v) is 23.3. The normalized spacial score (nSPS) is 19.2. The standard InChI is InChI=1S/C13H25NO.C9H7.C6H10.2CH3.H4Si.Ti/c14-13(15)12-10-8-6-4-2-1-3-5-7-9-11-12;1-2-5-9-7-3-6-8(9)4-1;1-5(2)6(3)4;;;;/h12H,1-11H2,(H2,14,15);1-7H;1,3H2,2,4H3;2*1H3;1H4;/q;;;;;;+1/p-1. The average Bonchev–Trinajstić information content (AvgIpc) is 3.19. The van der Waals surface area contributed by atoms with Crippen molar-refractivity contribution in [1.82, 2.24) is 3.80 Å². The van der Waals surface area contributed by atoms with E-state index in [0.29, 0.717) is 10.1 Å². The number of carbonyl (C=O) groups is 1. The maximum atomic E-state index is 13.2. The van der Waals surface area contributed by atoms with Crippen LogP contribution in [0.1, 0.15) is 99.8 Å². The number of allylic oxidation sites excluding steroid dienone is 3. The van der Waals surface area contributed by atoms with Gasteiger partial charge in [0.05, 0.1) is 0 Å². The van der Waals surface area contributed by atoms with Crippen LogP contribution in [0.25, 0.3) is 6.08 Å². The molecule has 0 aliphatic heterocycles. The minimum absolute atomic E-state index is 0. The molecule has 1 amide bonds. The van der Waals surface area contributed by atoms with Gasteiger partial charge in [-0.2, -0.15) is 0 Å². The number of nitrogens with one attached hydrogen (secondary N) is 1. The Labute approximate surface area is 218 Å². The molecule has 0 bridgehead atoms. The van der Waals surface area contributed by atoms with E-state index in [1.807, 2.05) is 13.8 Å². The van der Waals surface area contributed by atoms with Crippen molar-refractivity contribution >= 4 is 22.9 Å². The number of amides is 1. The second-order valence-corrected chi connectivity index (χ2v) is 17.4. The van der Waals surface area contributed by atoms with E-state index >= 15 is 0 Å². The number of rotatable bonds is 4. The van der Waals surface area contributed by atoms with Crippen molar-refractivity contribution in [2.75, 3.05) is 0 Å². The zero-order chi connectivity index (χ0) is 24.3. The summed E-state index contributed by atoms with van der Waals surface area (Å²) >= 11 is -2.51. The van der Waals surface area contributed by atoms with Gasteiger partial charge in [-0.25, -0.2) is 0 Å². The van der Waals surface area contributed by atoms with Crippen molar-refractivity contribution in [3.63, 3.8) is 0 Å². The van der Waals surface area contributed by atoms with Crippen LogP contribution in [0.4, 0.5) is 0 Å². The number of fused-ring (bicyclic) bond motifs is 1. The Morgan fingerprint density at radius 2 is 1.32 bits per heavy atom. The summed E-state index contributed by atoms with van der Waals surface area (Å²) in [5.41, 5.74) is 4.88. The van der Waals surface area contributed by atoms with E-state index in [1.54, 1.807) is 0 Å². The number of hydrogen-bond donors (Lipinski definition) is 1. The van der Waals surface area contributed by atoms with Gasteiger partial charge >= 0.3 is 170 Å². The van der Waals surface area contributed by atoms with Crippen molar-refractivity contribution in [2.45, 2.75) is 99.2 Å². The average molecular weight is 518 g/mol. The third-order valence-corrected chi connectivity index (χ3v) is 11.8. The first-order valence-corrected chi connectivity index (χ1v) is 17.9. The molecule has 0 heterocycles. The summed E-state index contributed by atoms with van der Waals surface area (Å²) in [4.78, 5) is 13.2. The fraction of sp³-hybridized carbons (Fsp3) is 0.567. The van der Waals surface area contributed by atoms with Gasteiger partial charge in [0, 0.05) is 0 Å². The van der Waals surface area contributed by atoms with Crippen LogP contribution in [0.2, 0.25) is 10.5 Å². The molecule has 1 aromatic rings. The molecule has 190 valence electrons. The van der Waals surface area contributed by atoms with Crippen molar-refractivity contribution in [3.05, 3.63) is 65.8 Å². The molecule has 2 aliphatic carbocycles. The first-order chi connectivity index (χ1) is 15.7. The van der Waals surface area contributed by atoms with E-state index < -0.39 is 16.8 Å². The number of carbonyl (C=O) groups excluding carboxylic acids is 1. The van der Waals surface area contributed by atoms with Crippen molar-refractivity contribution < 1.29 is 21.6 Å². The molecule has 1 atom stereocenters. The Hall–Kier alpha value is -1.16. The Bertz CT molecular complexity index is 805. The molecule has 0 radical (unpaired) electrons. The summed E-state index contributed by atoms with van der Waals surface area (Å²) in [6.07, 6.45) is 18.7. The van der Waals surface area contributed by atoms with E-state index in [4.69, 9.17) is 0 Å². The quantitative estimate of drug-likeness (QED) is 0.323. The summed E-state index contributed by atoms with van der Waals surface area (Å²) in [6.45, 7) is 11.2. The maximum absolute atomic E-state index is 13.2. The van der Waals surface area contributed by atoms with Gasteiger partial charge in [-0.1, -0.05) is 24.3 Å². The summed E-state index contributed by atoms with van der Waals surface area (Å²) in [5, 5.41) is 4.73. The fourth-order valence-corrected chi connectivity index (χ4v) is 8.88. The Balaban J connectivity index is 0.000000735. The van der Waals surface area contributed by atoms with Crippen LogP contribution in [0.3, 0.4) is 0 Å². The molecule has 2 aliphatic rings. The van der Waals surface area contributed by atoms with E-state index in [2.05, 4.69) is 63.8 Å². The van der Waals surface area contributed by atoms with Gasteiger partial charge in [0.15, 0.2) is 0 Å². The van der Waals surface area contributed by atoms with E-state index in [0.717, 1.165) is 24.0 Å². The summed E-state index contributed by atoms with van der Waals surface area (Å²) in [7, 11) is 0. The Morgan fingerprint density at radius 3 is 1.82 bits per heavy atom. The molecule has 1 fully saturated rings. The Kier molecular flexibility index (Phi) is 14.3. The molecule has 0 spiro atoms. The zero-order valence-electron chi connectivity index (χ0n) is 21.7. The van der Waals surface area contributed by atoms with Gasteiger partial charge in [0.25, 0.3) is 0 Å². The van der Waals surface area contributed by atoms with Gasteiger partial charge < -0.3 is 0 Å².